The molecular formula is C13H17Cl2NO3. The molecule has 1 aromatic carbocycles. The summed E-state index contributed by atoms with van der Waals surface area (Å²) in [5, 5.41) is 12.5. The number of aliphatic hydroxyl groups excluding tert-OH is 1. The van der Waals surface area contributed by atoms with Gasteiger partial charge in [-0.25, -0.2) is 4.79 Å². The highest BCUT2D eigenvalue weighted by Gasteiger charge is 2.27. The number of hydrogen-bond donors (Lipinski definition) is 2. The third kappa shape index (κ3) is 5.68. The molecule has 19 heavy (non-hydrogen) atoms. The maximum absolute atomic E-state index is 11.4. The fourth-order valence-corrected chi connectivity index (χ4v) is 1.98. The summed E-state index contributed by atoms with van der Waals surface area (Å²) >= 11 is 11.3. The molecule has 0 radical (unpaired) electrons. The van der Waals surface area contributed by atoms with Crippen LogP contribution >= 0.6 is 23.2 Å². The zero-order valence-corrected chi connectivity index (χ0v) is 12.1. The lowest BCUT2D eigenvalue weighted by Gasteiger charge is -2.24. The van der Waals surface area contributed by atoms with Gasteiger partial charge in [-0.05, 0) is 18.9 Å². The van der Waals surface area contributed by atoms with E-state index in [9.17, 15) is 9.90 Å². The number of alkyl carbamates (subject to hydrolysis) is 1. The summed E-state index contributed by atoms with van der Waals surface area (Å²) in [5.74, 6) is 0. The molecule has 106 valence electrons. The number of nitrogens with one attached hydrogen (secondary N) is 1. The average Bonchev–Trinajstić information content (AvgIpc) is 2.38. The van der Waals surface area contributed by atoms with Gasteiger partial charge in [0.1, 0.15) is 10.9 Å². The molecule has 0 saturated heterocycles. The fourth-order valence-electron chi connectivity index (χ4n) is 1.62. The summed E-state index contributed by atoms with van der Waals surface area (Å²) in [6, 6.07) is 8.82. The molecule has 0 saturated carbocycles. The van der Waals surface area contributed by atoms with Crippen LogP contribution in [0.5, 0.6) is 0 Å². The fraction of sp³-hybridized carbons (Fsp3) is 0.462. The molecule has 0 aliphatic carbocycles. The highest BCUT2D eigenvalue weighted by molar-refractivity contribution is 6.44. The molecule has 0 heterocycles. The Hall–Kier alpha value is -0.970. The van der Waals surface area contributed by atoms with Crippen LogP contribution in [0.4, 0.5) is 4.79 Å². The van der Waals surface area contributed by atoms with Gasteiger partial charge in [0.15, 0.2) is 0 Å². The molecule has 0 aliphatic heterocycles. The number of halogens is 2. The average molecular weight is 306 g/mol. The van der Waals surface area contributed by atoms with Crippen molar-refractivity contribution in [3.05, 3.63) is 35.9 Å². The minimum absolute atomic E-state index is 0.255. The minimum Gasteiger partial charge on any atom is -0.450 e. The van der Waals surface area contributed by atoms with Crippen molar-refractivity contribution in [2.24, 2.45) is 0 Å². The molecule has 0 fully saturated rings. The summed E-state index contributed by atoms with van der Waals surface area (Å²) in [7, 11) is 0. The lowest BCUT2D eigenvalue weighted by atomic mass is 10.0. The zero-order chi connectivity index (χ0) is 14.3. The number of amides is 1. The number of ether oxygens (including phenoxy) is 1. The van der Waals surface area contributed by atoms with Crippen LogP contribution in [-0.2, 0) is 11.2 Å². The Bertz CT molecular complexity index is 387. The lowest BCUT2D eigenvalue weighted by molar-refractivity contribution is 0.113. The molecule has 2 atom stereocenters. The monoisotopic (exact) mass is 305 g/mol. The van der Waals surface area contributed by atoms with Crippen LogP contribution in [0, 0.1) is 0 Å². The normalized spacial score (nSPS) is 13.9. The van der Waals surface area contributed by atoms with E-state index in [0.717, 1.165) is 5.56 Å². The standard InChI is InChI=1S/C13H17Cl2NO3/c1-2-19-13(18)16-10(11(17)12(14)15)8-9-6-4-3-5-7-9/h3-7,10-12,17H,2,8H2,1H3,(H,16,18). The lowest BCUT2D eigenvalue weighted by Crippen LogP contribution is -2.47. The topological polar surface area (TPSA) is 58.6 Å². The minimum atomic E-state index is -1.08. The van der Waals surface area contributed by atoms with E-state index >= 15 is 0 Å². The summed E-state index contributed by atoms with van der Waals surface area (Å²) < 4.78 is 4.79. The second kappa shape index (κ2) is 8.25. The Balaban J connectivity index is 2.72. The number of aliphatic hydroxyl groups is 1. The maximum atomic E-state index is 11.4. The van der Waals surface area contributed by atoms with Gasteiger partial charge in [0, 0.05) is 0 Å². The summed E-state index contributed by atoms with van der Waals surface area (Å²) in [5.41, 5.74) is 0.956. The second-order valence-corrected chi connectivity index (χ2v) is 5.15. The SMILES string of the molecule is CCOC(=O)NC(Cc1ccccc1)C(O)C(Cl)Cl. The van der Waals surface area contributed by atoms with Gasteiger partial charge in [-0.2, -0.15) is 0 Å². The molecule has 0 bridgehead atoms. The van der Waals surface area contributed by atoms with Gasteiger partial charge in [0.05, 0.1) is 12.6 Å². The number of hydrogen-bond acceptors (Lipinski definition) is 3. The summed E-state index contributed by atoms with van der Waals surface area (Å²) in [4.78, 5) is 10.4. The first-order valence-electron chi connectivity index (χ1n) is 5.98. The first-order chi connectivity index (χ1) is 9.04. The van der Waals surface area contributed by atoms with Crippen molar-refractivity contribution in [1.29, 1.82) is 0 Å². The Kier molecular flexibility index (Phi) is 6.99. The van der Waals surface area contributed by atoms with E-state index < -0.39 is 23.1 Å². The second-order valence-electron chi connectivity index (χ2n) is 3.99. The number of benzene rings is 1. The molecule has 1 amide bonds. The van der Waals surface area contributed by atoms with Crippen molar-refractivity contribution in [3.8, 4) is 0 Å². The van der Waals surface area contributed by atoms with Gasteiger partial charge in [0.2, 0.25) is 0 Å². The predicted octanol–water partition coefficient (Wildman–Crippen LogP) is 2.51. The van der Waals surface area contributed by atoms with E-state index in [1.807, 2.05) is 30.3 Å². The molecule has 0 spiro atoms. The first-order valence-corrected chi connectivity index (χ1v) is 6.85. The van der Waals surface area contributed by atoms with Crippen LogP contribution in [-0.4, -0.2) is 34.8 Å². The van der Waals surface area contributed by atoms with E-state index in [1.165, 1.54) is 0 Å². The van der Waals surface area contributed by atoms with Crippen LogP contribution < -0.4 is 5.32 Å². The Morgan fingerprint density at radius 1 is 1.37 bits per heavy atom. The number of alkyl halides is 2. The van der Waals surface area contributed by atoms with Gasteiger partial charge in [-0.3, -0.25) is 0 Å². The van der Waals surface area contributed by atoms with Gasteiger partial charge < -0.3 is 15.2 Å². The molecule has 2 unspecified atom stereocenters. The van der Waals surface area contributed by atoms with E-state index in [2.05, 4.69) is 5.32 Å². The van der Waals surface area contributed by atoms with Gasteiger partial charge in [0.25, 0.3) is 0 Å². The van der Waals surface area contributed by atoms with Crippen molar-refractivity contribution in [3.63, 3.8) is 0 Å². The quantitative estimate of drug-likeness (QED) is 0.794. The smallest absolute Gasteiger partial charge is 0.407 e. The van der Waals surface area contributed by atoms with E-state index in [1.54, 1.807) is 6.92 Å². The van der Waals surface area contributed by atoms with Crippen molar-refractivity contribution >= 4 is 29.3 Å². The summed E-state index contributed by atoms with van der Waals surface area (Å²) in [6.45, 7) is 1.96. The number of carbonyl (C=O) groups is 1. The largest absolute Gasteiger partial charge is 0.450 e. The molecular weight excluding hydrogens is 289 g/mol. The molecule has 4 nitrogen and oxygen atoms in total. The van der Waals surface area contributed by atoms with Crippen molar-refractivity contribution in [2.45, 2.75) is 30.3 Å². The number of rotatable bonds is 6. The Labute approximate surface area is 122 Å². The van der Waals surface area contributed by atoms with Crippen LogP contribution in [0.15, 0.2) is 30.3 Å². The molecule has 2 N–H and O–H groups in total. The van der Waals surface area contributed by atoms with Crippen molar-refractivity contribution in [2.75, 3.05) is 6.61 Å². The van der Waals surface area contributed by atoms with Crippen molar-refractivity contribution in [1.82, 2.24) is 5.32 Å². The highest BCUT2D eigenvalue weighted by Crippen LogP contribution is 2.15. The molecule has 0 aliphatic rings. The number of carbonyl (C=O) groups excluding carboxylic acids is 1. The highest BCUT2D eigenvalue weighted by atomic mass is 35.5. The van der Waals surface area contributed by atoms with Crippen LogP contribution in [0.1, 0.15) is 12.5 Å². The molecule has 0 aromatic heterocycles. The van der Waals surface area contributed by atoms with Gasteiger partial charge in [-0.1, -0.05) is 30.3 Å². The van der Waals surface area contributed by atoms with E-state index in [0.29, 0.717) is 6.42 Å². The van der Waals surface area contributed by atoms with Crippen LogP contribution in [0.3, 0.4) is 0 Å². The molecule has 1 rings (SSSR count). The predicted molar refractivity (Wildman–Crippen MR) is 75.6 cm³/mol. The molecule has 6 heteroatoms. The van der Waals surface area contributed by atoms with Crippen LogP contribution in [0.2, 0.25) is 0 Å². The van der Waals surface area contributed by atoms with E-state index in [-0.39, 0.29) is 6.61 Å². The van der Waals surface area contributed by atoms with Crippen molar-refractivity contribution < 1.29 is 14.6 Å². The van der Waals surface area contributed by atoms with Gasteiger partial charge in [-0.15, -0.1) is 23.2 Å². The zero-order valence-electron chi connectivity index (χ0n) is 10.6. The summed E-state index contributed by atoms with van der Waals surface area (Å²) in [6.07, 6.45) is -1.26. The van der Waals surface area contributed by atoms with Gasteiger partial charge >= 0.3 is 6.09 Å². The Morgan fingerprint density at radius 2 is 2.00 bits per heavy atom. The van der Waals surface area contributed by atoms with Crippen LogP contribution in [0.25, 0.3) is 0 Å². The maximum Gasteiger partial charge on any atom is 0.407 e. The molecule has 1 aromatic rings. The first kappa shape index (κ1) is 16.1. The third-order valence-electron chi connectivity index (χ3n) is 2.55. The third-order valence-corrected chi connectivity index (χ3v) is 3.06. The van der Waals surface area contributed by atoms with E-state index in [4.69, 9.17) is 27.9 Å². The Morgan fingerprint density at radius 3 is 2.53 bits per heavy atom.